The van der Waals surface area contributed by atoms with Gasteiger partial charge in [-0.3, -0.25) is 4.79 Å². The number of amides is 1. The maximum Gasteiger partial charge on any atom is 0.227 e. The van der Waals surface area contributed by atoms with Crippen LogP contribution < -0.4 is 11.1 Å². The number of aliphatic hydroxyl groups excluding tert-OH is 1. The van der Waals surface area contributed by atoms with Crippen LogP contribution in [0.1, 0.15) is 46.5 Å². The van der Waals surface area contributed by atoms with Gasteiger partial charge in [0, 0.05) is 19.2 Å². The highest BCUT2D eigenvalue weighted by Gasteiger charge is 2.40. The molecule has 4 N–H and O–H groups in total. The number of carbonyl (C=O) groups is 1. The first-order valence-electron chi connectivity index (χ1n) is 7.07. The monoisotopic (exact) mass is 256 g/mol. The topological polar surface area (TPSA) is 75.4 Å². The Kier molecular flexibility index (Phi) is 5.60. The predicted molar refractivity (Wildman–Crippen MR) is 73.0 cm³/mol. The van der Waals surface area contributed by atoms with Crippen molar-refractivity contribution in [2.75, 3.05) is 13.2 Å². The maximum absolute atomic E-state index is 12.4. The molecular weight excluding hydrogens is 228 g/mol. The van der Waals surface area contributed by atoms with Crippen LogP contribution in [0, 0.1) is 17.3 Å². The second-order valence-electron chi connectivity index (χ2n) is 6.09. The van der Waals surface area contributed by atoms with Crippen LogP contribution in [0.2, 0.25) is 0 Å². The van der Waals surface area contributed by atoms with Crippen molar-refractivity contribution in [3.63, 3.8) is 0 Å². The molecular formula is C14H28N2O2. The van der Waals surface area contributed by atoms with Gasteiger partial charge in [-0.25, -0.2) is 0 Å². The Morgan fingerprint density at radius 1 is 1.44 bits per heavy atom. The highest BCUT2D eigenvalue weighted by Crippen LogP contribution is 2.38. The van der Waals surface area contributed by atoms with E-state index in [4.69, 9.17) is 10.8 Å². The van der Waals surface area contributed by atoms with Crippen molar-refractivity contribution in [3.05, 3.63) is 0 Å². The third kappa shape index (κ3) is 3.45. The molecule has 1 aliphatic rings. The van der Waals surface area contributed by atoms with Gasteiger partial charge in [-0.1, -0.05) is 13.8 Å². The SMILES string of the molecule is CC1CCC(CN)(C(=O)NC(C)C(C)CO)CC1. The summed E-state index contributed by atoms with van der Waals surface area (Å²) in [7, 11) is 0. The van der Waals surface area contributed by atoms with Crippen molar-refractivity contribution in [2.24, 2.45) is 23.0 Å². The summed E-state index contributed by atoms with van der Waals surface area (Å²) in [5.74, 6) is 0.849. The first-order valence-corrected chi connectivity index (χ1v) is 7.07. The quantitative estimate of drug-likeness (QED) is 0.693. The van der Waals surface area contributed by atoms with Crippen molar-refractivity contribution in [2.45, 2.75) is 52.5 Å². The van der Waals surface area contributed by atoms with Gasteiger partial charge in [0.25, 0.3) is 0 Å². The Bertz CT molecular complexity index is 273. The zero-order valence-electron chi connectivity index (χ0n) is 11.9. The molecule has 1 aliphatic carbocycles. The maximum atomic E-state index is 12.4. The second kappa shape index (κ2) is 6.53. The molecule has 1 rings (SSSR count). The zero-order chi connectivity index (χ0) is 13.8. The Morgan fingerprint density at radius 3 is 2.44 bits per heavy atom. The van der Waals surface area contributed by atoms with Crippen molar-refractivity contribution in [1.29, 1.82) is 0 Å². The van der Waals surface area contributed by atoms with E-state index in [2.05, 4.69) is 12.2 Å². The van der Waals surface area contributed by atoms with E-state index in [9.17, 15) is 4.79 Å². The van der Waals surface area contributed by atoms with Crippen LogP contribution in [0.15, 0.2) is 0 Å². The minimum Gasteiger partial charge on any atom is -0.396 e. The zero-order valence-corrected chi connectivity index (χ0v) is 11.9. The van der Waals surface area contributed by atoms with E-state index < -0.39 is 0 Å². The number of nitrogens with one attached hydrogen (secondary N) is 1. The molecule has 2 atom stereocenters. The van der Waals surface area contributed by atoms with Crippen molar-refractivity contribution < 1.29 is 9.90 Å². The number of rotatable bonds is 5. The summed E-state index contributed by atoms with van der Waals surface area (Å²) in [6.07, 6.45) is 3.93. The molecule has 0 radical (unpaired) electrons. The number of carbonyl (C=O) groups excluding carboxylic acids is 1. The lowest BCUT2D eigenvalue weighted by atomic mass is 9.70. The highest BCUT2D eigenvalue weighted by molar-refractivity contribution is 5.83. The summed E-state index contributed by atoms with van der Waals surface area (Å²) in [6, 6.07) is -0.00900. The molecule has 4 heteroatoms. The molecule has 0 aliphatic heterocycles. The largest absolute Gasteiger partial charge is 0.396 e. The molecule has 4 nitrogen and oxygen atoms in total. The molecule has 106 valence electrons. The van der Waals surface area contributed by atoms with Gasteiger partial charge in [0.1, 0.15) is 0 Å². The van der Waals surface area contributed by atoms with Gasteiger partial charge in [0.05, 0.1) is 5.41 Å². The molecule has 0 saturated heterocycles. The minimum absolute atomic E-state index is 0.00900. The normalized spacial score (nSPS) is 31.7. The lowest BCUT2D eigenvalue weighted by Crippen LogP contribution is -2.51. The van der Waals surface area contributed by atoms with E-state index >= 15 is 0 Å². The summed E-state index contributed by atoms with van der Waals surface area (Å²) in [4.78, 5) is 12.4. The van der Waals surface area contributed by atoms with Gasteiger partial charge in [-0.2, -0.15) is 0 Å². The molecule has 1 fully saturated rings. The van der Waals surface area contributed by atoms with Crippen LogP contribution in [0.25, 0.3) is 0 Å². The first kappa shape index (κ1) is 15.4. The van der Waals surface area contributed by atoms with Gasteiger partial charge < -0.3 is 16.2 Å². The van der Waals surface area contributed by atoms with Crippen LogP contribution in [-0.2, 0) is 4.79 Å². The van der Waals surface area contributed by atoms with Gasteiger partial charge in [-0.05, 0) is 44.4 Å². The molecule has 0 spiro atoms. The number of nitrogens with two attached hydrogens (primary N) is 1. The lowest BCUT2D eigenvalue weighted by Gasteiger charge is -2.38. The van der Waals surface area contributed by atoms with Crippen molar-refractivity contribution in [1.82, 2.24) is 5.32 Å². The van der Waals surface area contributed by atoms with Gasteiger partial charge in [0.15, 0.2) is 0 Å². The number of hydrogen-bond donors (Lipinski definition) is 3. The van der Waals surface area contributed by atoms with E-state index in [-0.39, 0.29) is 29.9 Å². The molecule has 18 heavy (non-hydrogen) atoms. The minimum atomic E-state index is -0.379. The molecule has 1 amide bonds. The molecule has 2 unspecified atom stereocenters. The fourth-order valence-electron chi connectivity index (χ4n) is 2.50. The van der Waals surface area contributed by atoms with Crippen LogP contribution in [0.5, 0.6) is 0 Å². The van der Waals surface area contributed by atoms with Crippen molar-refractivity contribution in [3.8, 4) is 0 Å². The Labute approximate surface area is 110 Å². The van der Waals surface area contributed by atoms with Crippen LogP contribution in [0.3, 0.4) is 0 Å². The third-order valence-corrected chi connectivity index (χ3v) is 4.60. The van der Waals surface area contributed by atoms with E-state index in [0.29, 0.717) is 12.5 Å². The van der Waals surface area contributed by atoms with Crippen LogP contribution >= 0.6 is 0 Å². The van der Waals surface area contributed by atoms with E-state index in [1.165, 1.54) is 0 Å². The van der Waals surface area contributed by atoms with Crippen molar-refractivity contribution >= 4 is 5.91 Å². The number of hydrogen-bond acceptors (Lipinski definition) is 3. The Hall–Kier alpha value is -0.610. The van der Waals surface area contributed by atoms with E-state index in [1.807, 2.05) is 13.8 Å². The Morgan fingerprint density at radius 2 is 2.00 bits per heavy atom. The summed E-state index contributed by atoms with van der Waals surface area (Å²) in [6.45, 7) is 6.62. The second-order valence-corrected chi connectivity index (χ2v) is 6.09. The van der Waals surface area contributed by atoms with Gasteiger partial charge in [0.2, 0.25) is 5.91 Å². The van der Waals surface area contributed by atoms with E-state index in [1.54, 1.807) is 0 Å². The summed E-state index contributed by atoms with van der Waals surface area (Å²) in [5, 5.41) is 12.1. The molecule has 0 aromatic rings. The predicted octanol–water partition coefficient (Wildman–Crippen LogP) is 1.27. The lowest BCUT2D eigenvalue weighted by molar-refractivity contribution is -0.133. The summed E-state index contributed by atoms with van der Waals surface area (Å²) < 4.78 is 0. The fraction of sp³-hybridized carbons (Fsp3) is 0.929. The molecule has 0 aromatic carbocycles. The molecule has 1 saturated carbocycles. The van der Waals surface area contributed by atoms with E-state index in [0.717, 1.165) is 25.7 Å². The third-order valence-electron chi connectivity index (χ3n) is 4.60. The molecule has 0 heterocycles. The average Bonchev–Trinajstić information content (AvgIpc) is 2.38. The fourth-order valence-corrected chi connectivity index (χ4v) is 2.50. The standard InChI is InChI=1S/C14H28N2O2/c1-10-4-6-14(9-15,7-5-10)13(18)16-12(3)11(2)8-17/h10-12,17H,4-9,15H2,1-3H3,(H,16,18). The summed E-state index contributed by atoms with van der Waals surface area (Å²) in [5.41, 5.74) is 5.48. The smallest absolute Gasteiger partial charge is 0.227 e. The van der Waals surface area contributed by atoms with Crippen LogP contribution in [0.4, 0.5) is 0 Å². The summed E-state index contributed by atoms with van der Waals surface area (Å²) >= 11 is 0. The van der Waals surface area contributed by atoms with Gasteiger partial charge in [-0.15, -0.1) is 0 Å². The Balaban J connectivity index is 2.62. The van der Waals surface area contributed by atoms with Crippen LogP contribution in [-0.4, -0.2) is 30.2 Å². The highest BCUT2D eigenvalue weighted by atomic mass is 16.3. The molecule has 0 aromatic heterocycles. The first-order chi connectivity index (χ1) is 8.45. The number of aliphatic hydroxyl groups is 1. The molecule has 0 bridgehead atoms. The van der Waals surface area contributed by atoms with Gasteiger partial charge >= 0.3 is 0 Å². The average molecular weight is 256 g/mol.